The maximum atomic E-state index is 12.8. The highest BCUT2D eigenvalue weighted by Crippen LogP contribution is 2.17. The minimum atomic E-state index is -0.221. The van der Waals surface area contributed by atoms with Crippen LogP contribution in [0, 0.1) is 5.82 Å². The summed E-state index contributed by atoms with van der Waals surface area (Å²) >= 11 is 0. The summed E-state index contributed by atoms with van der Waals surface area (Å²) in [5.41, 5.74) is 1.05. The second-order valence-corrected chi connectivity index (χ2v) is 3.72. The lowest BCUT2D eigenvalue weighted by Gasteiger charge is -2.16. The molecule has 0 aliphatic rings. The first-order chi connectivity index (χ1) is 8.29. The minimum absolute atomic E-state index is 0.161. The van der Waals surface area contributed by atoms with E-state index in [1.54, 1.807) is 12.1 Å². The number of benzene rings is 1. The molecular formula is C11H14FN5. The Morgan fingerprint density at radius 1 is 1.35 bits per heavy atom. The van der Waals surface area contributed by atoms with Gasteiger partial charge in [0.1, 0.15) is 5.82 Å². The van der Waals surface area contributed by atoms with Crippen LogP contribution < -0.4 is 5.32 Å². The third kappa shape index (κ3) is 3.07. The first-order valence-electron chi connectivity index (χ1n) is 5.50. The summed E-state index contributed by atoms with van der Waals surface area (Å²) in [6.45, 7) is 2.60. The van der Waals surface area contributed by atoms with Crippen LogP contribution in [0.2, 0.25) is 0 Å². The van der Waals surface area contributed by atoms with Gasteiger partial charge in [0.25, 0.3) is 0 Å². The van der Waals surface area contributed by atoms with Crippen LogP contribution in [0.3, 0.4) is 0 Å². The second-order valence-electron chi connectivity index (χ2n) is 3.72. The predicted octanol–water partition coefficient (Wildman–Crippen LogP) is 1.58. The largest absolute Gasteiger partial charge is 0.303 e. The number of tetrazole rings is 1. The summed E-state index contributed by atoms with van der Waals surface area (Å²) in [5, 5.41) is 16.9. The van der Waals surface area contributed by atoms with Crippen LogP contribution in [-0.2, 0) is 6.54 Å². The first kappa shape index (κ1) is 11.7. The van der Waals surface area contributed by atoms with E-state index in [0.29, 0.717) is 12.4 Å². The van der Waals surface area contributed by atoms with Gasteiger partial charge >= 0.3 is 0 Å². The van der Waals surface area contributed by atoms with Crippen LogP contribution in [0.25, 0.3) is 0 Å². The van der Waals surface area contributed by atoms with Gasteiger partial charge in [0.2, 0.25) is 0 Å². The van der Waals surface area contributed by atoms with Crippen LogP contribution in [0.1, 0.15) is 30.8 Å². The lowest BCUT2D eigenvalue weighted by atomic mass is 10.0. The Morgan fingerprint density at radius 3 is 2.71 bits per heavy atom. The highest BCUT2D eigenvalue weighted by Gasteiger charge is 2.09. The summed E-state index contributed by atoms with van der Waals surface area (Å²) in [4.78, 5) is 0. The summed E-state index contributed by atoms with van der Waals surface area (Å²) in [6.07, 6.45) is 0.906. The summed E-state index contributed by atoms with van der Waals surface area (Å²) in [5.74, 6) is 0.396. The Morgan fingerprint density at radius 2 is 2.12 bits per heavy atom. The summed E-state index contributed by atoms with van der Waals surface area (Å²) in [6, 6.07) is 6.66. The van der Waals surface area contributed by atoms with Gasteiger partial charge in [0.05, 0.1) is 6.54 Å². The molecule has 0 bridgehead atoms. The number of nitrogens with one attached hydrogen (secondary N) is 2. The molecule has 5 nitrogen and oxygen atoms in total. The molecule has 6 heteroatoms. The third-order valence-electron chi connectivity index (χ3n) is 2.58. The lowest BCUT2D eigenvalue weighted by Crippen LogP contribution is -2.21. The van der Waals surface area contributed by atoms with Crippen molar-refractivity contribution in [3.8, 4) is 0 Å². The smallest absolute Gasteiger partial charge is 0.188 e. The van der Waals surface area contributed by atoms with Gasteiger partial charge in [-0.3, -0.25) is 0 Å². The van der Waals surface area contributed by atoms with E-state index in [2.05, 4.69) is 32.9 Å². The number of nitrogens with zero attached hydrogens (tertiary/aromatic N) is 3. The highest BCUT2D eigenvalue weighted by atomic mass is 19.1. The van der Waals surface area contributed by atoms with Crippen molar-refractivity contribution in [3.05, 3.63) is 41.5 Å². The Labute approximate surface area is 98.4 Å². The molecule has 1 unspecified atom stereocenters. The summed E-state index contributed by atoms with van der Waals surface area (Å²) in [7, 11) is 0. The monoisotopic (exact) mass is 235 g/mol. The van der Waals surface area contributed by atoms with Gasteiger partial charge in [-0.1, -0.05) is 24.3 Å². The molecule has 2 aromatic rings. The molecule has 0 amide bonds. The summed E-state index contributed by atoms with van der Waals surface area (Å²) < 4.78 is 12.8. The molecule has 0 fully saturated rings. The maximum absolute atomic E-state index is 12.8. The fourth-order valence-electron chi connectivity index (χ4n) is 1.66. The normalized spacial score (nSPS) is 12.6. The van der Waals surface area contributed by atoms with E-state index in [-0.39, 0.29) is 11.9 Å². The van der Waals surface area contributed by atoms with E-state index in [4.69, 9.17) is 0 Å². The molecule has 2 rings (SSSR count). The Kier molecular flexibility index (Phi) is 3.77. The number of rotatable bonds is 5. The van der Waals surface area contributed by atoms with Crippen molar-refractivity contribution < 1.29 is 4.39 Å². The van der Waals surface area contributed by atoms with Crippen LogP contribution >= 0.6 is 0 Å². The zero-order valence-electron chi connectivity index (χ0n) is 9.52. The standard InChI is InChI=1S/C11H14FN5/c1-2-10(8-3-5-9(12)6-4-8)13-7-11-14-16-17-15-11/h3-6,10,13H,2,7H2,1H3,(H,14,15,16,17). The molecule has 2 N–H and O–H groups in total. The van der Waals surface area contributed by atoms with Crippen molar-refractivity contribution in [1.82, 2.24) is 25.9 Å². The Bertz CT molecular complexity index is 439. The lowest BCUT2D eigenvalue weighted by molar-refractivity contribution is 0.507. The van der Waals surface area contributed by atoms with E-state index in [9.17, 15) is 4.39 Å². The van der Waals surface area contributed by atoms with Gasteiger partial charge in [0.15, 0.2) is 5.82 Å². The quantitative estimate of drug-likeness (QED) is 0.825. The third-order valence-corrected chi connectivity index (χ3v) is 2.58. The van der Waals surface area contributed by atoms with Crippen LogP contribution in [0.15, 0.2) is 24.3 Å². The van der Waals surface area contributed by atoms with Crippen LogP contribution in [0.4, 0.5) is 4.39 Å². The fourth-order valence-corrected chi connectivity index (χ4v) is 1.66. The van der Waals surface area contributed by atoms with Crippen molar-refractivity contribution in [2.24, 2.45) is 0 Å². The van der Waals surface area contributed by atoms with Crippen molar-refractivity contribution in [2.75, 3.05) is 0 Å². The second kappa shape index (κ2) is 5.49. The van der Waals surface area contributed by atoms with Crippen LogP contribution in [-0.4, -0.2) is 20.6 Å². The molecule has 90 valence electrons. The van der Waals surface area contributed by atoms with E-state index < -0.39 is 0 Å². The fraction of sp³-hybridized carbons (Fsp3) is 0.364. The SMILES string of the molecule is CCC(NCc1nn[nH]n1)c1ccc(F)cc1. The number of H-pyrrole nitrogens is 1. The molecule has 0 aliphatic heterocycles. The molecule has 1 aromatic carbocycles. The van der Waals surface area contributed by atoms with Crippen molar-refractivity contribution >= 4 is 0 Å². The van der Waals surface area contributed by atoms with Crippen molar-refractivity contribution in [2.45, 2.75) is 25.9 Å². The highest BCUT2D eigenvalue weighted by molar-refractivity contribution is 5.19. The average Bonchev–Trinajstić information content (AvgIpc) is 2.85. The van der Waals surface area contributed by atoms with Crippen LogP contribution in [0.5, 0.6) is 0 Å². The number of hydrogen-bond donors (Lipinski definition) is 2. The van der Waals surface area contributed by atoms with Gasteiger partial charge in [-0.15, -0.1) is 10.2 Å². The molecule has 0 saturated heterocycles. The minimum Gasteiger partial charge on any atom is -0.303 e. The first-order valence-corrected chi connectivity index (χ1v) is 5.50. The van der Waals surface area contributed by atoms with Gasteiger partial charge in [-0.25, -0.2) is 4.39 Å². The molecular weight excluding hydrogens is 221 g/mol. The molecule has 0 spiro atoms. The number of hydrogen-bond acceptors (Lipinski definition) is 4. The number of halogens is 1. The van der Waals surface area contributed by atoms with Crippen molar-refractivity contribution in [1.29, 1.82) is 0 Å². The van der Waals surface area contributed by atoms with Gasteiger partial charge in [-0.05, 0) is 24.1 Å². The van der Waals surface area contributed by atoms with E-state index in [1.807, 2.05) is 0 Å². The zero-order chi connectivity index (χ0) is 12.1. The van der Waals surface area contributed by atoms with Gasteiger partial charge in [-0.2, -0.15) is 5.21 Å². The number of aromatic nitrogens is 4. The van der Waals surface area contributed by atoms with E-state index >= 15 is 0 Å². The van der Waals surface area contributed by atoms with E-state index in [0.717, 1.165) is 12.0 Å². The molecule has 1 atom stereocenters. The topological polar surface area (TPSA) is 66.5 Å². The molecule has 1 heterocycles. The Hall–Kier alpha value is -1.82. The zero-order valence-corrected chi connectivity index (χ0v) is 9.52. The maximum Gasteiger partial charge on any atom is 0.188 e. The average molecular weight is 235 g/mol. The molecule has 1 aromatic heterocycles. The molecule has 17 heavy (non-hydrogen) atoms. The van der Waals surface area contributed by atoms with E-state index in [1.165, 1.54) is 12.1 Å². The van der Waals surface area contributed by atoms with Gasteiger partial charge < -0.3 is 5.32 Å². The predicted molar refractivity (Wildman–Crippen MR) is 60.4 cm³/mol. The molecule has 0 saturated carbocycles. The molecule has 0 radical (unpaired) electrons. The van der Waals surface area contributed by atoms with Gasteiger partial charge in [0, 0.05) is 6.04 Å². The molecule has 0 aliphatic carbocycles. The van der Waals surface area contributed by atoms with Crippen molar-refractivity contribution in [3.63, 3.8) is 0 Å². The number of aromatic amines is 1. The Balaban J connectivity index is 1.99.